The van der Waals surface area contributed by atoms with Crippen molar-refractivity contribution in [3.8, 4) is 0 Å². The fraction of sp³-hybridized carbons (Fsp3) is 0.500. The second-order valence-corrected chi connectivity index (χ2v) is 11.6. The molecule has 1 saturated heterocycles. The highest BCUT2D eigenvalue weighted by molar-refractivity contribution is 6.46. The van der Waals surface area contributed by atoms with Gasteiger partial charge in [0.15, 0.2) is 0 Å². The van der Waals surface area contributed by atoms with Crippen LogP contribution in [0.25, 0.3) is 5.76 Å². The van der Waals surface area contributed by atoms with E-state index in [1.807, 2.05) is 24.3 Å². The monoisotopic (exact) mass is 549 g/mol. The number of nitro groups is 1. The molecule has 1 aliphatic rings. The van der Waals surface area contributed by atoms with E-state index in [1.165, 1.54) is 24.3 Å². The van der Waals surface area contributed by atoms with Crippen LogP contribution in [-0.2, 0) is 15.0 Å². The van der Waals surface area contributed by atoms with Crippen molar-refractivity contribution in [2.75, 3.05) is 26.2 Å². The molecule has 2 aromatic rings. The first-order valence-corrected chi connectivity index (χ1v) is 14.4. The molecule has 1 amide bonds. The van der Waals surface area contributed by atoms with Gasteiger partial charge in [-0.05, 0) is 55.4 Å². The van der Waals surface area contributed by atoms with Gasteiger partial charge in [0, 0.05) is 24.2 Å². The van der Waals surface area contributed by atoms with E-state index in [-0.39, 0.29) is 22.2 Å². The summed E-state index contributed by atoms with van der Waals surface area (Å²) in [5, 5.41) is 22.6. The van der Waals surface area contributed by atoms with Crippen LogP contribution in [0.1, 0.15) is 89.5 Å². The van der Waals surface area contributed by atoms with Gasteiger partial charge in [-0.2, -0.15) is 0 Å². The maximum atomic E-state index is 13.4. The maximum Gasteiger partial charge on any atom is 0.295 e. The molecule has 0 bridgehead atoms. The molecular formula is C32H43N3O5. The highest BCUT2D eigenvalue weighted by Crippen LogP contribution is 2.40. The average Bonchev–Trinajstić information content (AvgIpc) is 3.18. The number of hydrogen-bond acceptors (Lipinski definition) is 6. The number of non-ortho nitro benzene ring substituents is 1. The number of carbonyl (C=O) groups excluding carboxylic acids is 2. The highest BCUT2D eigenvalue weighted by atomic mass is 16.6. The number of rotatable bonds is 13. The van der Waals surface area contributed by atoms with Crippen LogP contribution in [-0.4, -0.2) is 57.7 Å². The lowest BCUT2D eigenvalue weighted by Gasteiger charge is -2.28. The van der Waals surface area contributed by atoms with Gasteiger partial charge in [0.05, 0.1) is 16.5 Å². The minimum Gasteiger partial charge on any atom is -0.507 e. The third kappa shape index (κ3) is 7.36. The van der Waals surface area contributed by atoms with Crippen molar-refractivity contribution in [1.29, 1.82) is 0 Å². The molecule has 1 atom stereocenters. The number of amides is 1. The van der Waals surface area contributed by atoms with Crippen molar-refractivity contribution in [3.05, 3.63) is 80.9 Å². The van der Waals surface area contributed by atoms with Gasteiger partial charge in [-0.1, -0.05) is 83.9 Å². The van der Waals surface area contributed by atoms with Gasteiger partial charge in [-0.15, -0.1) is 0 Å². The summed E-state index contributed by atoms with van der Waals surface area (Å²) in [7, 11) is 0. The molecule has 0 unspecified atom stereocenters. The zero-order valence-corrected chi connectivity index (χ0v) is 24.5. The first kappa shape index (κ1) is 31.0. The number of nitrogens with zero attached hydrogens (tertiary/aromatic N) is 3. The molecule has 1 N–H and O–H groups in total. The van der Waals surface area contributed by atoms with E-state index < -0.39 is 28.4 Å². The van der Waals surface area contributed by atoms with Crippen LogP contribution in [0, 0.1) is 10.1 Å². The first-order chi connectivity index (χ1) is 19.0. The number of ketones is 1. The lowest BCUT2D eigenvalue weighted by atomic mass is 9.85. The topological polar surface area (TPSA) is 104 Å². The van der Waals surface area contributed by atoms with E-state index in [0.717, 1.165) is 50.9 Å². The van der Waals surface area contributed by atoms with Gasteiger partial charge in [0.1, 0.15) is 5.76 Å². The fourth-order valence-electron chi connectivity index (χ4n) is 5.11. The van der Waals surface area contributed by atoms with Crippen LogP contribution in [0.3, 0.4) is 0 Å². The number of likely N-dealkylation sites (tertiary alicyclic amines) is 1. The normalized spacial score (nSPS) is 17.1. The Morgan fingerprint density at radius 3 is 2.12 bits per heavy atom. The summed E-state index contributed by atoms with van der Waals surface area (Å²) in [6, 6.07) is 12.5. The van der Waals surface area contributed by atoms with Crippen molar-refractivity contribution in [1.82, 2.24) is 9.80 Å². The molecule has 1 fully saturated rings. The minimum absolute atomic E-state index is 0.0390. The van der Waals surface area contributed by atoms with Crippen LogP contribution in [0.2, 0.25) is 0 Å². The molecule has 216 valence electrons. The molecule has 0 saturated carbocycles. The van der Waals surface area contributed by atoms with Gasteiger partial charge >= 0.3 is 0 Å². The summed E-state index contributed by atoms with van der Waals surface area (Å²) < 4.78 is 0. The number of hydrogen-bond donors (Lipinski definition) is 1. The van der Waals surface area contributed by atoms with Crippen molar-refractivity contribution < 1.29 is 19.6 Å². The molecule has 40 heavy (non-hydrogen) atoms. The molecule has 1 heterocycles. The van der Waals surface area contributed by atoms with Crippen LogP contribution in [0.15, 0.2) is 54.1 Å². The Morgan fingerprint density at radius 2 is 1.57 bits per heavy atom. The first-order valence-electron chi connectivity index (χ1n) is 14.4. The third-order valence-electron chi connectivity index (χ3n) is 7.49. The SMILES string of the molecule is CCCCN(CCCC)CCCN1C(=O)C(=O)C(=C(O)c2cccc([N+](=O)[O-])c2)[C@H]1c1ccc(C(C)(C)C)cc1. The van der Waals surface area contributed by atoms with Gasteiger partial charge in [0.25, 0.3) is 17.4 Å². The zero-order chi connectivity index (χ0) is 29.4. The van der Waals surface area contributed by atoms with Crippen LogP contribution < -0.4 is 0 Å². The van der Waals surface area contributed by atoms with Crippen LogP contribution in [0.5, 0.6) is 0 Å². The minimum atomic E-state index is -0.784. The Kier molecular flexibility index (Phi) is 10.6. The van der Waals surface area contributed by atoms with E-state index in [1.54, 1.807) is 4.90 Å². The Labute approximate surface area is 237 Å². The number of benzene rings is 2. The van der Waals surface area contributed by atoms with Crippen molar-refractivity contribution in [2.45, 2.75) is 78.2 Å². The van der Waals surface area contributed by atoms with E-state index in [9.17, 15) is 24.8 Å². The number of unbranched alkanes of at least 4 members (excludes halogenated alkanes) is 2. The number of aliphatic hydroxyl groups excluding tert-OH is 1. The molecular weight excluding hydrogens is 506 g/mol. The van der Waals surface area contributed by atoms with E-state index in [4.69, 9.17) is 0 Å². The number of nitro benzene ring substituents is 1. The molecule has 0 aromatic heterocycles. The quantitative estimate of drug-likeness (QED) is 0.0992. The summed E-state index contributed by atoms with van der Waals surface area (Å²) >= 11 is 0. The summed E-state index contributed by atoms with van der Waals surface area (Å²) in [6.45, 7) is 13.8. The number of Topliss-reactive ketones (excluding diaryl/α,β-unsaturated/α-hetero) is 1. The predicted octanol–water partition coefficient (Wildman–Crippen LogP) is 6.61. The Morgan fingerprint density at radius 1 is 0.975 bits per heavy atom. The van der Waals surface area contributed by atoms with Crippen LogP contribution >= 0.6 is 0 Å². The summed E-state index contributed by atoms with van der Waals surface area (Å²) in [5.74, 6) is -1.84. The summed E-state index contributed by atoms with van der Waals surface area (Å²) in [6.07, 6.45) is 5.13. The van der Waals surface area contributed by atoms with E-state index in [2.05, 4.69) is 39.5 Å². The number of aliphatic hydroxyl groups is 1. The predicted molar refractivity (Wildman–Crippen MR) is 158 cm³/mol. The molecule has 8 heteroatoms. The Hall–Kier alpha value is -3.52. The van der Waals surface area contributed by atoms with Gasteiger partial charge in [-0.25, -0.2) is 0 Å². The van der Waals surface area contributed by atoms with Gasteiger partial charge in [-0.3, -0.25) is 19.7 Å². The summed E-state index contributed by atoms with van der Waals surface area (Å²) in [5.41, 5.74) is 1.63. The molecule has 0 spiro atoms. The number of carbonyl (C=O) groups is 2. The molecule has 0 aliphatic carbocycles. The lowest BCUT2D eigenvalue weighted by molar-refractivity contribution is -0.384. The Balaban J connectivity index is 2.00. The van der Waals surface area contributed by atoms with Gasteiger partial charge in [0.2, 0.25) is 0 Å². The molecule has 8 nitrogen and oxygen atoms in total. The zero-order valence-electron chi connectivity index (χ0n) is 24.5. The van der Waals surface area contributed by atoms with Crippen molar-refractivity contribution in [3.63, 3.8) is 0 Å². The Bertz CT molecular complexity index is 1220. The largest absolute Gasteiger partial charge is 0.507 e. The molecule has 2 aromatic carbocycles. The fourth-order valence-corrected chi connectivity index (χ4v) is 5.11. The molecule has 1 aliphatic heterocycles. The smallest absolute Gasteiger partial charge is 0.295 e. The van der Waals surface area contributed by atoms with Crippen LogP contribution in [0.4, 0.5) is 5.69 Å². The standard InChI is InChI=1S/C32H43N3O5/c1-6-8-18-33(19-9-7-2)20-11-21-34-28(23-14-16-25(17-15-23)32(3,4)5)27(30(37)31(34)38)29(36)24-12-10-13-26(22-24)35(39)40/h10,12-17,22,28,36H,6-9,11,18-21H2,1-5H3/t28-/m1/s1. The molecule has 0 radical (unpaired) electrons. The van der Waals surface area contributed by atoms with Gasteiger partial charge < -0.3 is 14.9 Å². The maximum absolute atomic E-state index is 13.4. The van der Waals surface area contributed by atoms with Crippen molar-refractivity contribution >= 4 is 23.1 Å². The highest BCUT2D eigenvalue weighted by Gasteiger charge is 2.46. The molecule has 3 rings (SSSR count). The second-order valence-electron chi connectivity index (χ2n) is 11.6. The summed E-state index contributed by atoms with van der Waals surface area (Å²) in [4.78, 5) is 41.5. The van der Waals surface area contributed by atoms with E-state index in [0.29, 0.717) is 18.5 Å². The van der Waals surface area contributed by atoms with Crippen molar-refractivity contribution in [2.24, 2.45) is 0 Å². The second kappa shape index (κ2) is 13.7. The lowest BCUT2D eigenvalue weighted by Crippen LogP contribution is -2.34. The average molecular weight is 550 g/mol. The third-order valence-corrected chi connectivity index (χ3v) is 7.49. The van der Waals surface area contributed by atoms with E-state index >= 15 is 0 Å².